The predicted molar refractivity (Wildman–Crippen MR) is 118 cm³/mol. The van der Waals surface area contributed by atoms with Gasteiger partial charge >= 0.3 is 5.97 Å². The second-order valence-electron chi connectivity index (χ2n) is 8.25. The van der Waals surface area contributed by atoms with Crippen LogP contribution in [0.5, 0.6) is 28.7 Å². The molecular formula is C25H26O7. The van der Waals surface area contributed by atoms with Crippen molar-refractivity contribution in [3.05, 3.63) is 46.7 Å². The van der Waals surface area contributed by atoms with E-state index in [2.05, 4.69) is 13.8 Å². The highest BCUT2D eigenvalue weighted by atomic mass is 16.5. The molecule has 0 unspecified atom stereocenters. The van der Waals surface area contributed by atoms with Gasteiger partial charge in [-0.25, -0.2) is 0 Å². The zero-order valence-corrected chi connectivity index (χ0v) is 18.8. The number of hydrogen-bond acceptors (Lipinski definition) is 7. The van der Waals surface area contributed by atoms with Crippen LogP contribution in [0.3, 0.4) is 0 Å². The molecule has 7 heteroatoms. The smallest absolute Gasteiger partial charge is 0.311 e. The van der Waals surface area contributed by atoms with Gasteiger partial charge in [-0.3, -0.25) is 9.59 Å². The second kappa shape index (κ2) is 8.57. The van der Waals surface area contributed by atoms with Crippen molar-refractivity contribution in [3.8, 4) is 28.7 Å². The number of rotatable bonds is 6. The summed E-state index contributed by atoms with van der Waals surface area (Å²) in [5.74, 6) is 2.43. The monoisotopic (exact) mass is 438 g/mol. The number of allylic oxidation sites excluding steroid dienone is 1. The molecular weight excluding hydrogens is 412 g/mol. The normalized spacial score (nSPS) is 18.2. The van der Waals surface area contributed by atoms with E-state index in [9.17, 15) is 9.59 Å². The maximum Gasteiger partial charge on any atom is 0.311 e. The number of carbonyl (C=O) groups excluding carboxylic acids is 2. The third-order valence-corrected chi connectivity index (χ3v) is 5.66. The summed E-state index contributed by atoms with van der Waals surface area (Å²) in [6.07, 6.45) is 2.68. The lowest BCUT2D eigenvalue weighted by molar-refractivity contribution is -0.136. The summed E-state index contributed by atoms with van der Waals surface area (Å²) in [7, 11) is 4.62. The Morgan fingerprint density at radius 1 is 1.00 bits per heavy atom. The average molecular weight is 438 g/mol. The van der Waals surface area contributed by atoms with Crippen LogP contribution in [0.25, 0.3) is 6.08 Å². The van der Waals surface area contributed by atoms with Crippen LogP contribution in [0.4, 0.5) is 0 Å². The fourth-order valence-corrected chi connectivity index (χ4v) is 4.27. The molecule has 2 aromatic carbocycles. The number of ketones is 1. The largest absolute Gasteiger partial charge is 0.496 e. The lowest BCUT2D eigenvalue weighted by Crippen LogP contribution is -2.21. The predicted octanol–water partition coefficient (Wildman–Crippen LogP) is 4.77. The SMILES string of the molecule is COc1cc(OC)c(OC)cc1/C=C1\Oc2c(ccc3c2[C@H](CC(C)C)CC(=O)O3)C1=O. The minimum absolute atomic E-state index is 0.0658. The van der Waals surface area contributed by atoms with E-state index in [0.717, 1.165) is 12.0 Å². The molecule has 0 bridgehead atoms. The van der Waals surface area contributed by atoms with Gasteiger partial charge in [-0.15, -0.1) is 0 Å². The summed E-state index contributed by atoms with van der Waals surface area (Å²) < 4.78 is 27.7. The molecule has 0 spiro atoms. The molecule has 7 nitrogen and oxygen atoms in total. The van der Waals surface area contributed by atoms with Crippen molar-refractivity contribution < 1.29 is 33.3 Å². The van der Waals surface area contributed by atoms with Crippen molar-refractivity contribution in [1.82, 2.24) is 0 Å². The van der Waals surface area contributed by atoms with Gasteiger partial charge in [0.05, 0.1) is 33.3 Å². The van der Waals surface area contributed by atoms with Gasteiger partial charge in [0, 0.05) is 23.1 Å². The van der Waals surface area contributed by atoms with Crippen LogP contribution in [-0.4, -0.2) is 33.1 Å². The first-order valence-corrected chi connectivity index (χ1v) is 10.5. The van der Waals surface area contributed by atoms with Gasteiger partial charge < -0.3 is 23.7 Å². The van der Waals surface area contributed by atoms with E-state index >= 15 is 0 Å². The molecule has 0 aromatic heterocycles. The highest BCUT2D eigenvalue weighted by Crippen LogP contribution is 2.49. The Hall–Kier alpha value is -3.48. The van der Waals surface area contributed by atoms with Gasteiger partial charge in [0.1, 0.15) is 17.2 Å². The number of ether oxygens (including phenoxy) is 5. The van der Waals surface area contributed by atoms with Crippen LogP contribution >= 0.6 is 0 Å². The van der Waals surface area contributed by atoms with Crippen LogP contribution in [0, 0.1) is 5.92 Å². The first-order valence-electron chi connectivity index (χ1n) is 10.5. The molecule has 0 aliphatic carbocycles. The Balaban J connectivity index is 1.78. The molecule has 0 amide bonds. The van der Waals surface area contributed by atoms with Crippen molar-refractivity contribution in [2.24, 2.45) is 5.92 Å². The number of esters is 1. The topological polar surface area (TPSA) is 80.3 Å². The third kappa shape index (κ3) is 3.79. The zero-order valence-electron chi connectivity index (χ0n) is 18.8. The highest BCUT2D eigenvalue weighted by molar-refractivity contribution is 6.15. The quantitative estimate of drug-likeness (QED) is 0.365. The van der Waals surface area contributed by atoms with E-state index in [0.29, 0.717) is 45.8 Å². The Morgan fingerprint density at radius 2 is 1.69 bits per heavy atom. The van der Waals surface area contributed by atoms with Gasteiger partial charge in [-0.05, 0) is 36.6 Å². The lowest BCUT2D eigenvalue weighted by Gasteiger charge is -2.27. The molecule has 2 aliphatic rings. The lowest BCUT2D eigenvalue weighted by atomic mass is 9.84. The van der Waals surface area contributed by atoms with Crippen LogP contribution in [-0.2, 0) is 4.79 Å². The van der Waals surface area contributed by atoms with Crippen LogP contribution < -0.4 is 23.7 Å². The molecule has 2 aliphatic heterocycles. The van der Waals surface area contributed by atoms with E-state index in [1.165, 1.54) is 14.2 Å². The molecule has 0 radical (unpaired) electrons. The summed E-state index contributed by atoms with van der Waals surface area (Å²) in [5.41, 5.74) is 1.85. The number of benzene rings is 2. The Kier molecular flexibility index (Phi) is 5.82. The fraction of sp³-hybridized carbons (Fsp3) is 0.360. The Bertz CT molecular complexity index is 1110. The van der Waals surface area contributed by atoms with Gasteiger partial charge in [0.25, 0.3) is 0 Å². The van der Waals surface area contributed by atoms with E-state index < -0.39 is 0 Å². The van der Waals surface area contributed by atoms with Gasteiger partial charge in [0.15, 0.2) is 17.3 Å². The van der Waals surface area contributed by atoms with Crippen molar-refractivity contribution in [2.75, 3.05) is 21.3 Å². The number of hydrogen-bond donors (Lipinski definition) is 0. The molecule has 168 valence electrons. The van der Waals surface area contributed by atoms with Crippen LogP contribution in [0.15, 0.2) is 30.0 Å². The molecule has 32 heavy (non-hydrogen) atoms. The zero-order chi connectivity index (χ0) is 23.0. The fourth-order valence-electron chi connectivity index (χ4n) is 4.27. The number of fused-ring (bicyclic) bond motifs is 3. The molecule has 0 fully saturated rings. The molecule has 2 aromatic rings. The third-order valence-electron chi connectivity index (χ3n) is 5.66. The maximum absolute atomic E-state index is 13.2. The summed E-state index contributed by atoms with van der Waals surface area (Å²) >= 11 is 0. The first kappa shape index (κ1) is 21.7. The van der Waals surface area contributed by atoms with Crippen LogP contribution in [0.1, 0.15) is 54.1 Å². The second-order valence-corrected chi connectivity index (χ2v) is 8.25. The van der Waals surface area contributed by atoms with Gasteiger partial charge in [0.2, 0.25) is 5.78 Å². The average Bonchev–Trinajstić information content (AvgIpc) is 3.07. The van der Waals surface area contributed by atoms with E-state index in [-0.39, 0.29) is 29.9 Å². The summed E-state index contributed by atoms with van der Waals surface area (Å²) in [4.78, 5) is 25.3. The number of Topliss-reactive ketones (excluding diaryl/α,β-unsaturated/α-hetero) is 1. The summed E-state index contributed by atoms with van der Waals surface area (Å²) in [6, 6.07) is 6.74. The van der Waals surface area contributed by atoms with Crippen molar-refractivity contribution in [3.63, 3.8) is 0 Å². The standard InChI is InChI=1S/C25H26O7/c1-13(2)8-15-11-22(26)31-17-7-6-16-24(27)21(32-25(16)23(15)17)10-14-9-19(29-4)20(30-5)12-18(14)28-3/h6-7,9-10,12-13,15H,8,11H2,1-5H3/b21-10-/t15-/m1/s1. The first-order chi connectivity index (χ1) is 15.4. The Labute approximate surface area is 186 Å². The molecule has 1 atom stereocenters. The molecule has 2 heterocycles. The minimum Gasteiger partial charge on any atom is -0.496 e. The Morgan fingerprint density at radius 3 is 2.34 bits per heavy atom. The van der Waals surface area contributed by atoms with Crippen molar-refractivity contribution >= 4 is 17.8 Å². The van der Waals surface area contributed by atoms with E-state index in [1.54, 1.807) is 37.5 Å². The molecule has 0 saturated heterocycles. The number of carbonyl (C=O) groups is 2. The minimum atomic E-state index is -0.266. The summed E-state index contributed by atoms with van der Waals surface area (Å²) in [5, 5.41) is 0. The maximum atomic E-state index is 13.2. The van der Waals surface area contributed by atoms with E-state index in [4.69, 9.17) is 23.7 Å². The van der Waals surface area contributed by atoms with Crippen molar-refractivity contribution in [2.45, 2.75) is 32.6 Å². The number of methoxy groups -OCH3 is 3. The molecule has 0 N–H and O–H groups in total. The van der Waals surface area contributed by atoms with E-state index in [1.807, 2.05) is 0 Å². The van der Waals surface area contributed by atoms with Crippen molar-refractivity contribution in [1.29, 1.82) is 0 Å². The molecule has 4 rings (SSSR count). The molecule has 0 saturated carbocycles. The van der Waals surface area contributed by atoms with Crippen LogP contribution in [0.2, 0.25) is 0 Å². The van der Waals surface area contributed by atoms with Gasteiger partial charge in [-0.1, -0.05) is 13.8 Å². The van der Waals surface area contributed by atoms with Gasteiger partial charge in [-0.2, -0.15) is 0 Å². The highest BCUT2D eigenvalue weighted by Gasteiger charge is 2.38. The summed E-state index contributed by atoms with van der Waals surface area (Å²) in [6.45, 7) is 4.20.